The molecule has 0 aliphatic carbocycles. The number of carbonyl (C=O) groups is 3. The van der Waals surface area contributed by atoms with E-state index < -0.39 is 5.41 Å². The van der Waals surface area contributed by atoms with E-state index in [1.165, 1.54) is 4.90 Å². The van der Waals surface area contributed by atoms with Crippen molar-refractivity contribution in [1.29, 1.82) is 0 Å². The van der Waals surface area contributed by atoms with Gasteiger partial charge in [0.15, 0.2) is 6.29 Å². The zero-order valence-electron chi connectivity index (χ0n) is 24.5. The van der Waals surface area contributed by atoms with Gasteiger partial charge in [0.2, 0.25) is 11.8 Å². The van der Waals surface area contributed by atoms with Gasteiger partial charge in [0.1, 0.15) is 22.5 Å². The molecule has 1 aromatic carbocycles. The average molecular weight is 570 g/mol. The average Bonchev–Trinajstić information content (AvgIpc) is 3.35. The van der Waals surface area contributed by atoms with Crippen molar-refractivity contribution in [3.63, 3.8) is 0 Å². The summed E-state index contributed by atoms with van der Waals surface area (Å²) in [6.45, 7) is 8.43. The Morgan fingerprint density at radius 2 is 1.93 bits per heavy atom. The molecule has 42 heavy (non-hydrogen) atoms. The van der Waals surface area contributed by atoms with Crippen LogP contribution in [0.5, 0.6) is 0 Å². The fourth-order valence-electron chi connectivity index (χ4n) is 5.62. The number of carbonyl (C=O) groups excluding carboxylic acids is 3. The van der Waals surface area contributed by atoms with E-state index >= 15 is 0 Å². The Hall–Kier alpha value is -4.57. The highest BCUT2D eigenvalue weighted by molar-refractivity contribution is 6.19. The molecule has 5 rings (SSSR count). The van der Waals surface area contributed by atoms with E-state index in [2.05, 4.69) is 22.1 Å². The highest BCUT2D eigenvalue weighted by atomic mass is 16.3. The summed E-state index contributed by atoms with van der Waals surface area (Å²) in [6, 6.07) is 12.8. The number of hydrogen-bond donors (Lipinski definition) is 1. The fourth-order valence-corrected chi connectivity index (χ4v) is 5.62. The van der Waals surface area contributed by atoms with E-state index in [0.717, 1.165) is 17.4 Å². The van der Waals surface area contributed by atoms with Crippen LogP contribution < -0.4 is 15.8 Å². The third-order valence-electron chi connectivity index (χ3n) is 8.07. The van der Waals surface area contributed by atoms with Gasteiger partial charge in [-0.15, -0.1) is 0 Å². The van der Waals surface area contributed by atoms with Gasteiger partial charge < -0.3 is 19.2 Å². The minimum absolute atomic E-state index is 0.129. The molecule has 0 saturated carbocycles. The van der Waals surface area contributed by atoms with Crippen molar-refractivity contribution in [2.75, 3.05) is 23.8 Å². The minimum atomic E-state index is -1.21. The second-order valence-electron chi connectivity index (χ2n) is 11.2. The van der Waals surface area contributed by atoms with Gasteiger partial charge in [0.25, 0.3) is 5.56 Å². The highest BCUT2D eigenvalue weighted by Crippen LogP contribution is 2.38. The van der Waals surface area contributed by atoms with Crippen molar-refractivity contribution >= 4 is 40.4 Å². The number of anilines is 2. The first-order valence-corrected chi connectivity index (χ1v) is 14.0. The van der Waals surface area contributed by atoms with Gasteiger partial charge in [-0.2, -0.15) is 0 Å². The van der Waals surface area contributed by atoms with Crippen LogP contribution in [-0.2, 0) is 22.7 Å². The second-order valence-corrected chi connectivity index (χ2v) is 11.2. The van der Waals surface area contributed by atoms with Gasteiger partial charge in [0.05, 0.1) is 16.8 Å². The van der Waals surface area contributed by atoms with Crippen LogP contribution in [0.2, 0.25) is 0 Å². The number of nitrogens with one attached hydrogen (secondary N) is 1. The summed E-state index contributed by atoms with van der Waals surface area (Å²) in [5, 5.41) is 3.44. The maximum absolute atomic E-state index is 13.2. The molecular formula is C32H35N5O5. The van der Waals surface area contributed by atoms with Gasteiger partial charge in [-0.05, 0) is 68.7 Å². The Bertz CT molecular complexity index is 1740. The van der Waals surface area contributed by atoms with Gasteiger partial charge in [-0.25, -0.2) is 0 Å². The first-order valence-electron chi connectivity index (χ1n) is 14.0. The van der Waals surface area contributed by atoms with Crippen molar-refractivity contribution in [3.05, 3.63) is 87.8 Å². The van der Waals surface area contributed by atoms with Crippen molar-refractivity contribution in [3.8, 4) is 0 Å². The number of hydrogen-bond acceptors (Lipinski definition) is 7. The standard InChI is InChI=1S/C32H35N5O5/c1-6-26(21-9-10-24-27(17-21)35(5)31(41)32(3,4)30(40)34-24)37(18-22-8-7-12-33-25(22)19-38)15-14-36-13-11-28-23(29(36)39)16-20(2)42-28/h7-13,16-17,19,26H,6,14-15,18H2,1-5H3,(H,34,40). The van der Waals surface area contributed by atoms with Crippen molar-refractivity contribution in [1.82, 2.24) is 14.5 Å². The normalized spacial score (nSPS) is 15.4. The molecule has 0 saturated heterocycles. The summed E-state index contributed by atoms with van der Waals surface area (Å²) in [7, 11) is 1.68. The SMILES string of the molecule is CCC(c1ccc2c(c1)N(C)C(=O)C(C)(C)C(=O)N2)N(CCn1ccc2oc(C)cc2c1=O)Cc1cccnc1C=O. The fraction of sp³-hybridized carbons (Fsp3) is 0.344. The maximum atomic E-state index is 13.2. The summed E-state index contributed by atoms with van der Waals surface area (Å²) in [4.78, 5) is 59.0. The Labute approximate surface area is 243 Å². The molecule has 4 heterocycles. The Balaban J connectivity index is 1.52. The van der Waals surface area contributed by atoms with Crippen LogP contribution in [0.25, 0.3) is 11.0 Å². The van der Waals surface area contributed by atoms with Crippen molar-refractivity contribution in [2.45, 2.75) is 53.2 Å². The molecule has 1 N–H and O–H groups in total. The van der Waals surface area contributed by atoms with E-state index in [-0.39, 0.29) is 23.4 Å². The number of fused-ring (bicyclic) bond motifs is 2. The second kappa shape index (κ2) is 11.4. The predicted octanol–water partition coefficient (Wildman–Crippen LogP) is 4.71. The molecule has 10 nitrogen and oxygen atoms in total. The van der Waals surface area contributed by atoms with Gasteiger partial charge in [0, 0.05) is 45.1 Å². The topological polar surface area (TPSA) is 118 Å². The molecule has 218 valence electrons. The van der Waals surface area contributed by atoms with E-state index in [0.29, 0.717) is 59.9 Å². The lowest BCUT2D eigenvalue weighted by Crippen LogP contribution is -2.43. The lowest BCUT2D eigenvalue weighted by molar-refractivity contribution is -0.136. The molecule has 1 unspecified atom stereocenters. The quantitative estimate of drug-likeness (QED) is 0.229. The van der Waals surface area contributed by atoms with Crippen LogP contribution in [0.1, 0.15) is 60.6 Å². The smallest absolute Gasteiger partial charge is 0.261 e. The molecule has 10 heteroatoms. The summed E-state index contributed by atoms with van der Waals surface area (Å²) in [5.41, 5.74) is 2.47. The number of aryl methyl sites for hydroxylation is 1. The van der Waals surface area contributed by atoms with Crippen LogP contribution in [0.15, 0.2) is 64.1 Å². The number of furan rings is 1. The summed E-state index contributed by atoms with van der Waals surface area (Å²) < 4.78 is 7.29. The summed E-state index contributed by atoms with van der Waals surface area (Å²) >= 11 is 0. The number of amides is 2. The number of pyridine rings is 2. The Kier molecular flexibility index (Phi) is 7.83. The maximum Gasteiger partial charge on any atom is 0.261 e. The minimum Gasteiger partial charge on any atom is -0.461 e. The van der Waals surface area contributed by atoms with Crippen molar-refractivity contribution in [2.24, 2.45) is 5.41 Å². The lowest BCUT2D eigenvalue weighted by Gasteiger charge is -2.33. The van der Waals surface area contributed by atoms with Gasteiger partial charge in [-0.3, -0.25) is 29.1 Å². The zero-order valence-corrected chi connectivity index (χ0v) is 24.5. The van der Waals surface area contributed by atoms with E-state index in [4.69, 9.17) is 4.42 Å². The largest absolute Gasteiger partial charge is 0.461 e. The molecule has 1 aliphatic heterocycles. The van der Waals surface area contributed by atoms with Gasteiger partial charge in [-0.1, -0.05) is 19.1 Å². The summed E-state index contributed by atoms with van der Waals surface area (Å²) in [6.07, 6.45) is 4.79. The number of aromatic nitrogens is 2. The van der Waals surface area contributed by atoms with Crippen molar-refractivity contribution < 1.29 is 18.8 Å². The first-order chi connectivity index (χ1) is 20.0. The molecule has 4 aromatic rings. The molecule has 0 spiro atoms. The van der Waals surface area contributed by atoms with Crippen LogP contribution in [0.4, 0.5) is 11.4 Å². The Morgan fingerprint density at radius 3 is 2.67 bits per heavy atom. The molecular weight excluding hydrogens is 534 g/mol. The molecule has 3 aromatic heterocycles. The monoisotopic (exact) mass is 569 g/mol. The number of rotatable bonds is 9. The third-order valence-corrected chi connectivity index (χ3v) is 8.07. The van der Waals surface area contributed by atoms with Gasteiger partial charge >= 0.3 is 0 Å². The van der Waals surface area contributed by atoms with E-state index in [1.54, 1.807) is 56.1 Å². The molecule has 0 fully saturated rings. The number of nitrogens with zero attached hydrogens (tertiary/aromatic N) is 4. The summed E-state index contributed by atoms with van der Waals surface area (Å²) in [5.74, 6) is 0.0282. The Morgan fingerprint density at radius 1 is 1.14 bits per heavy atom. The zero-order chi connectivity index (χ0) is 30.2. The number of benzene rings is 1. The highest BCUT2D eigenvalue weighted by Gasteiger charge is 2.42. The lowest BCUT2D eigenvalue weighted by atomic mass is 9.91. The first kappa shape index (κ1) is 28.9. The molecule has 1 atom stereocenters. The van der Waals surface area contributed by atoms with Crippen LogP contribution in [-0.4, -0.2) is 46.1 Å². The molecule has 0 bridgehead atoms. The van der Waals surface area contributed by atoms with E-state index in [9.17, 15) is 19.2 Å². The molecule has 1 aliphatic rings. The van der Waals surface area contributed by atoms with Crippen LogP contribution >= 0.6 is 0 Å². The van der Waals surface area contributed by atoms with Crippen LogP contribution in [0, 0.1) is 12.3 Å². The third kappa shape index (κ3) is 5.25. The number of aldehydes is 1. The molecule has 2 amide bonds. The van der Waals surface area contributed by atoms with Crippen LogP contribution in [0.3, 0.4) is 0 Å². The predicted molar refractivity (Wildman–Crippen MR) is 161 cm³/mol. The molecule has 0 radical (unpaired) electrons. The van der Waals surface area contributed by atoms with E-state index in [1.807, 2.05) is 31.2 Å².